The molecule has 190 valence electrons. The van der Waals surface area contributed by atoms with Gasteiger partial charge in [-0.25, -0.2) is 0 Å². The average molecular weight is 582 g/mol. The third kappa shape index (κ3) is 10.5. The molecule has 0 aliphatic carbocycles. The molecule has 3 unspecified atom stereocenters. The number of carbonyl (C=O) groups is 3. The van der Waals surface area contributed by atoms with Crippen molar-refractivity contribution in [2.75, 3.05) is 20.8 Å². The Bertz CT molecular complexity index is 727. The molecule has 33 heavy (non-hydrogen) atoms. The fourth-order valence-electron chi connectivity index (χ4n) is 3.33. The molecule has 1 heterocycles. The van der Waals surface area contributed by atoms with Gasteiger partial charge in [-0.15, -0.1) is 0 Å². The van der Waals surface area contributed by atoms with Gasteiger partial charge < -0.3 is 0 Å². The summed E-state index contributed by atoms with van der Waals surface area (Å²) in [4.78, 5) is 36.4. The van der Waals surface area contributed by atoms with Crippen molar-refractivity contribution in [3.05, 3.63) is 19.3 Å². The van der Waals surface area contributed by atoms with Crippen LogP contribution in [0.25, 0.3) is 0 Å². The van der Waals surface area contributed by atoms with E-state index >= 15 is 0 Å². The monoisotopic (exact) mass is 582 g/mol. The van der Waals surface area contributed by atoms with Gasteiger partial charge in [0, 0.05) is 0 Å². The summed E-state index contributed by atoms with van der Waals surface area (Å²) in [6.45, 7) is 7.54. The molecule has 0 saturated heterocycles. The van der Waals surface area contributed by atoms with Crippen LogP contribution >= 0.6 is 0 Å². The summed E-state index contributed by atoms with van der Waals surface area (Å²) in [5.74, 6) is -2.92. The normalized spacial score (nSPS) is 16.8. The average Bonchev–Trinajstić information content (AvgIpc) is 3.22. The van der Waals surface area contributed by atoms with Gasteiger partial charge in [0.1, 0.15) is 0 Å². The molecule has 3 atom stereocenters. The van der Waals surface area contributed by atoms with Gasteiger partial charge in [0.25, 0.3) is 0 Å². The molecule has 1 aliphatic heterocycles. The number of allylic oxidation sites excluding steroid dienone is 3. The minimum atomic E-state index is -1.20. The van der Waals surface area contributed by atoms with Gasteiger partial charge in [-0.3, -0.25) is 0 Å². The van der Waals surface area contributed by atoms with Crippen molar-refractivity contribution < 1.29 is 59.6 Å². The van der Waals surface area contributed by atoms with Gasteiger partial charge in [-0.1, -0.05) is 0 Å². The van der Waals surface area contributed by atoms with Gasteiger partial charge in [0.05, 0.1) is 0 Å². The van der Waals surface area contributed by atoms with Crippen molar-refractivity contribution in [3.63, 3.8) is 0 Å². The second kappa shape index (κ2) is 14.0. The Morgan fingerprint density at radius 3 is 2.21 bits per heavy atom. The van der Waals surface area contributed by atoms with E-state index in [1.807, 2.05) is 26.8 Å². The molecule has 1 aliphatic rings. The van der Waals surface area contributed by atoms with Gasteiger partial charge >= 0.3 is 207 Å². The number of nitrogens with two attached hydrogens (primary N) is 1. The molecule has 10 heteroatoms. The standard InChI is InChI=1S/C23H37INO8/c1-7-32-21(28)17-11-10-15(24-17)9-8-14(12-16(19(26)30-5)20(27)31-6)13-18(25)22(29)33-23(2,3)4/h10-11,14,16,18,22,29H,7-9,12-13,25H2,1-6H3/q-1. The van der Waals surface area contributed by atoms with E-state index in [9.17, 15) is 19.5 Å². The van der Waals surface area contributed by atoms with Crippen LogP contribution in [0.4, 0.5) is 0 Å². The van der Waals surface area contributed by atoms with Crippen LogP contribution in [-0.2, 0) is 33.3 Å². The summed E-state index contributed by atoms with van der Waals surface area (Å²) in [5.41, 5.74) is 5.63. The first-order valence-corrected chi connectivity index (χ1v) is 13.1. The minimum absolute atomic E-state index is 0.166. The number of aliphatic hydroxyl groups is 1. The summed E-state index contributed by atoms with van der Waals surface area (Å²) in [7, 11) is 2.44. The Kier molecular flexibility index (Phi) is 12.6. The van der Waals surface area contributed by atoms with Crippen molar-refractivity contribution >= 4 is 17.9 Å². The molecule has 0 aromatic carbocycles. The van der Waals surface area contributed by atoms with Gasteiger partial charge in [-0.05, 0) is 0 Å². The number of hydrogen-bond acceptors (Lipinski definition) is 9. The maximum atomic E-state index is 12.2. The van der Waals surface area contributed by atoms with Gasteiger partial charge in [0.2, 0.25) is 0 Å². The molecule has 3 N–H and O–H groups in total. The molecule has 0 bridgehead atoms. The zero-order valence-corrected chi connectivity index (χ0v) is 22.4. The van der Waals surface area contributed by atoms with Gasteiger partial charge in [-0.2, -0.15) is 0 Å². The molecule has 1 rings (SSSR count). The Labute approximate surface area is 206 Å². The van der Waals surface area contributed by atoms with Gasteiger partial charge in [0.15, 0.2) is 0 Å². The van der Waals surface area contributed by atoms with E-state index < -0.39 is 57.0 Å². The molecule has 0 aromatic heterocycles. The number of rotatable bonds is 13. The molecule has 0 amide bonds. The zero-order chi connectivity index (χ0) is 25.2. The summed E-state index contributed by atoms with van der Waals surface area (Å²) in [6, 6.07) is -0.717. The van der Waals surface area contributed by atoms with E-state index in [1.54, 1.807) is 13.0 Å². The number of esters is 3. The van der Waals surface area contributed by atoms with Crippen molar-refractivity contribution in [1.82, 2.24) is 0 Å². The Morgan fingerprint density at radius 2 is 1.70 bits per heavy atom. The first-order chi connectivity index (χ1) is 15.4. The van der Waals surface area contributed by atoms with Crippen molar-refractivity contribution in [1.29, 1.82) is 0 Å². The number of carbonyl (C=O) groups excluding carboxylic acids is 3. The van der Waals surface area contributed by atoms with E-state index in [0.29, 0.717) is 29.4 Å². The molecule has 0 radical (unpaired) electrons. The van der Waals surface area contributed by atoms with E-state index in [2.05, 4.69) is 0 Å². The molecular weight excluding hydrogens is 545 g/mol. The molecule has 0 spiro atoms. The van der Waals surface area contributed by atoms with E-state index in [0.717, 1.165) is 3.58 Å². The summed E-state index contributed by atoms with van der Waals surface area (Å²) in [6.07, 6.45) is 4.31. The predicted molar refractivity (Wildman–Crippen MR) is 117 cm³/mol. The maximum absolute atomic E-state index is 12.2. The second-order valence-corrected chi connectivity index (χ2v) is 11.8. The first kappa shape index (κ1) is 29.5. The van der Waals surface area contributed by atoms with Crippen molar-refractivity contribution in [3.8, 4) is 0 Å². The Hall–Kier alpha value is -1.50. The quantitative estimate of drug-likeness (QED) is 0.0924. The van der Waals surface area contributed by atoms with Crippen LogP contribution in [-0.4, -0.2) is 61.8 Å². The van der Waals surface area contributed by atoms with Crippen LogP contribution in [0, 0.1) is 11.8 Å². The third-order valence-corrected chi connectivity index (χ3v) is 7.85. The SMILES string of the molecule is CCOC(=O)C1=CC=C(CCC(CC(C(=O)OC)C(=O)OC)CC(N)C(O)OC(C)(C)C)[I-]1. The second-order valence-electron chi connectivity index (χ2n) is 8.70. The fraction of sp³-hybridized carbons (Fsp3) is 0.696. The summed E-state index contributed by atoms with van der Waals surface area (Å²) >= 11 is -0.621. The van der Waals surface area contributed by atoms with E-state index in [1.165, 1.54) is 14.2 Å². The fourth-order valence-corrected chi connectivity index (χ4v) is 5.75. The van der Waals surface area contributed by atoms with E-state index in [-0.39, 0.29) is 18.3 Å². The zero-order valence-electron chi connectivity index (χ0n) is 20.3. The molecular formula is C23H37INO8-. The predicted octanol–water partition coefficient (Wildman–Crippen LogP) is -0.980. The van der Waals surface area contributed by atoms with E-state index in [4.69, 9.17) is 24.7 Å². The number of halogens is 1. The van der Waals surface area contributed by atoms with Crippen molar-refractivity contribution in [2.24, 2.45) is 17.6 Å². The summed E-state index contributed by atoms with van der Waals surface area (Å²) < 4.78 is 22.1. The molecule has 0 saturated carbocycles. The Morgan fingerprint density at radius 1 is 1.09 bits per heavy atom. The summed E-state index contributed by atoms with van der Waals surface area (Å²) in [5, 5.41) is 10.4. The van der Waals surface area contributed by atoms with Crippen LogP contribution in [0.5, 0.6) is 0 Å². The molecule has 0 aromatic rings. The third-order valence-electron chi connectivity index (χ3n) is 4.88. The van der Waals surface area contributed by atoms with Crippen LogP contribution < -0.4 is 26.9 Å². The number of aliphatic hydroxyl groups excluding tert-OH is 1. The van der Waals surface area contributed by atoms with Crippen molar-refractivity contribution in [2.45, 2.75) is 71.3 Å². The van der Waals surface area contributed by atoms with Crippen LogP contribution in [0.15, 0.2) is 19.3 Å². The van der Waals surface area contributed by atoms with Crippen LogP contribution in [0.3, 0.4) is 0 Å². The number of ether oxygens (including phenoxy) is 4. The molecule has 9 nitrogen and oxygen atoms in total. The first-order valence-electron chi connectivity index (χ1n) is 10.9. The number of methoxy groups -OCH3 is 2. The van der Waals surface area contributed by atoms with Crippen LogP contribution in [0.1, 0.15) is 53.4 Å². The molecule has 0 fully saturated rings. The van der Waals surface area contributed by atoms with Crippen LogP contribution in [0.2, 0.25) is 0 Å². The number of hydrogen-bond donors (Lipinski definition) is 2. The Balaban J connectivity index is 2.88. The topological polar surface area (TPSA) is 134 Å².